The average Bonchev–Trinajstić information content (AvgIpc) is 2.35. The predicted octanol–water partition coefficient (Wildman–Crippen LogP) is 4.76. The molecule has 0 atom stereocenters. The van der Waals surface area contributed by atoms with Crippen molar-refractivity contribution < 1.29 is 4.43 Å². The van der Waals surface area contributed by atoms with Gasteiger partial charge in [-0.1, -0.05) is 26.8 Å². The molecule has 0 saturated heterocycles. The van der Waals surface area contributed by atoms with Crippen LogP contribution in [0.4, 0.5) is 0 Å². The van der Waals surface area contributed by atoms with Crippen LogP contribution in [-0.2, 0) is 16.6 Å². The third-order valence-electron chi connectivity index (χ3n) is 4.10. The molecule has 0 N–H and O–H groups in total. The molecule has 110 valence electrons. The zero-order chi connectivity index (χ0) is 15.6. The first-order valence-corrected chi connectivity index (χ1v) is 9.89. The van der Waals surface area contributed by atoms with Gasteiger partial charge in [0, 0.05) is 13.8 Å². The van der Waals surface area contributed by atoms with Crippen molar-refractivity contribution in [2.45, 2.75) is 64.9 Å². The van der Waals surface area contributed by atoms with Crippen LogP contribution in [0.25, 0.3) is 4.85 Å². The largest absolute Gasteiger partial charge is 0.411 e. The number of pyridine rings is 1. The number of hydrogen-bond acceptors (Lipinski definition) is 2. The molecule has 4 heteroatoms. The van der Waals surface area contributed by atoms with E-state index in [-0.39, 0.29) is 5.04 Å². The Balaban J connectivity index is 2.87. The molecule has 3 nitrogen and oxygen atoms in total. The Morgan fingerprint density at radius 3 is 2.30 bits per heavy atom. The second-order valence-corrected chi connectivity index (χ2v) is 12.0. The molecule has 1 aromatic heterocycles. The minimum atomic E-state index is -1.76. The van der Waals surface area contributed by atoms with Gasteiger partial charge in [0.15, 0.2) is 8.32 Å². The fourth-order valence-electron chi connectivity index (χ4n) is 1.43. The van der Waals surface area contributed by atoms with Crippen LogP contribution in [0.3, 0.4) is 0 Å². The van der Waals surface area contributed by atoms with Crippen LogP contribution in [0.1, 0.15) is 46.0 Å². The number of nitrogens with zero attached hydrogens (tertiary/aromatic N) is 2. The van der Waals surface area contributed by atoms with Crippen molar-refractivity contribution in [3.05, 3.63) is 41.0 Å². The second-order valence-electron chi connectivity index (χ2n) is 7.23. The Labute approximate surface area is 124 Å². The quantitative estimate of drug-likeness (QED) is 0.590. The van der Waals surface area contributed by atoms with Crippen LogP contribution < -0.4 is 0 Å². The first-order valence-electron chi connectivity index (χ1n) is 6.98. The summed E-state index contributed by atoms with van der Waals surface area (Å²) in [7, 11) is -1.76. The molecule has 0 aliphatic rings. The molecule has 0 radical (unpaired) electrons. The van der Waals surface area contributed by atoms with E-state index in [9.17, 15) is 0 Å². The van der Waals surface area contributed by atoms with Crippen LogP contribution in [0.5, 0.6) is 0 Å². The van der Waals surface area contributed by atoms with Crippen LogP contribution >= 0.6 is 0 Å². The van der Waals surface area contributed by atoms with Crippen LogP contribution in [0.15, 0.2) is 18.2 Å². The molecule has 1 aromatic rings. The van der Waals surface area contributed by atoms with E-state index in [0.717, 1.165) is 11.4 Å². The van der Waals surface area contributed by atoms with Crippen LogP contribution in [-0.4, -0.2) is 13.3 Å². The van der Waals surface area contributed by atoms with Gasteiger partial charge in [-0.05, 0) is 30.3 Å². The van der Waals surface area contributed by atoms with Crippen molar-refractivity contribution in [3.63, 3.8) is 0 Å². The topological polar surface area (TPSA) is 26.5 Å². The highest BCUT2D eigenvalue weighted by atomic mass is 28.4. The maximum absolute atomic E-state index is 7.26. The maximum Gasteiger partial charge on any atom is 0.268 e. The fourth-order valence-corrected chi connectivity index (χ4v) is 2.37. The van der Waals surface area contributed by atoms with Crippen molar-refractivity contribution in [3.8, 4) is 0 Å². The SMILES string of the molecule is [C-]#[N+]C(C)(C)c1cccc(CO[Si](C)(C)C(C)(C)C)n1. The first-order chi connectivity index (χ1) is 8.99. The monoisotopic (exact) mass is 290 g/mol. The van der Waals surface area contributed by atoms with Crippen molar-refractivity contribution in [1.29, 1.82) is 0 Å². The lowest BCUT2D eigenvalue weighted by atomic mass is 10.0. The van der Waals surface area contributed by atoms with E-state index in [4.69, 9.17) is 11.0 Å². The van der Waals surface area contributed by atoms with Gasteiger partial charge in [0.05, 0.1) is 12.3 Å². The van der Waals surface area contributed by atoms with Gasteiger partial charge in [-0.2, -0.15) is 0 Å². The minimum Gasteiger partial charge on any atom is -0.411 e. The summed E-state index contributed by atoms with van der Waals surface area (Å²) in [6.45, 7) is 22.7. The van der Waals surface area contributed by atoms with Crippen molar-refractivity contribution in [2.75, 3.05) is 0 Å². The maximum atomic E-state index is 7.26. The van der Waals surface area contributed by atoms with Crippen LogP contribution in [0.2, 0.25) is 18.1 Å². The predicted molar refractivity (Wildman–Crippen MR) is 85.9 cm³/mol. The molecule has 1 heterocycles. The molecule has 0 unspecified atom stereocenters. The molecule has 0 bridgehead atoms. The van der Waals surface area contributed by atoms with Gasteiger partial charge in [-0.3, -0.25) is 0 Å². The summed E-state index contributed by atoms with van der Waals surface area (Å²) in [5.41, 5.74) is 1.14. The van der Waals surface area contributed by atoms with Gasteiger partial charge in [0.25, 0.3) is 5.54 Å². The lowest BCUT2D eigenvalue weighted by Gasteiger charge is -2.36. The standard InChI is InChI=1S/C16H26N2OSi/c1-15(2,3)20(7,8)19-12-13-10-9-11-14(18-13)16(4,5)17-6/h9-11H,12H2,1-5,7-8H3. The van der Waals surface area contributed by atoms with Crippen molar-refractivity contribution in [1.82, 2.24) is 4.98 Å². The Morgan fingerprint density at radius 1 is 1.20 bits per heavy atom. The Kier molecular flexibility index (Phi) is 4.78. The van der Waals surface area contributed by atoms with Crippen molar-refractivity contribution in [2.24, 2.45) is 0 Å². The van der Waals surface area contributed by atoms with E-state index in [1.54, 1.807) is 0 Å². The van der Waals surface area contributed by atoms with Crippen LogP contribution in [0, 0.1) is 6.57 Å². The highest BCUT2D eigenvalue weighted by Gasteiger charge is 2.37. The molecular weight excluding hydrogens is 264 g/mol. The summed E-state index contributed by atoms with van der Waals surface area (Å²) in [6.07, 6.45) is 0. The molecular formula is C16H26N2OSi. The molecule has 0 fully saturated rings. The minimum absolute atomic E-state index is 0.195. The summed E-state index contributed by atoms with van der Waals surface area (Å²) in [4.78, 5) is 8.22. The number of aromatic nitrogens is 1. The molecule has 0 aromatic carbocycles. The average molecular weight is 290 g/mol. The lowest BCUT2D eigenvalue weighted by Crippen LogP contribution is -2.40. The Bertz CT molecular complexity index is 510. The van der Waals surface area contributed by atoms with Crippen molar-refractivity contribution >= 4 is 8.32 Å². The van der Waals surface area contributed by atoms with Gasteiger partial charge in [0.2, 0.25) is 0 Å². The van der Waals surface area contributed by atoms with Gasteiger partial charge < -0.3 is 9.27 Å². The zero-order valence-corrected chi connectivity index (χ0v) is 14.7. The molecule has 0 amide bonds. The van der Waals surface area contributed by atoms with E-state index in [0.29, 0.717) is 6.61 Å². The highest BCUT2D eigenvalue weighted by Crippen LogP contribution is 2.37. The van der Waals surface area contributed by atoms with E-state index in [2.05, 4.69) is 43.7 Å². The van der Waals surface area contributed by atoms with E-state index in [1.165, 1.54) is 0 Å². The molecule has 0 saturated carbocycles. The normalized spacial score (nSPS) is 13.1. The number of hydrogen-bond donors (Lipinski definition) is 0. The third-order valence-corrected chi connectivity index (χ3v) is 8.58. The summed E-state index contributed by atoms with van der Waals surface area (Å²) < 4.78 is 6.18. The summed E-state index contributed by atoms with van der Waals surface area (Å²) in [5.74, 6) is 0. The Hall–Kier alpha value is -1.18. The molecule has 0 aliphatic carbocycles. The van der Waals surface area contributed by atoms with Gasteiger partial charge in [0.1, 0.15) is 5.69 Å². The van der Waals surface area contributed by atoms with E-state index >= 15 is 0 Å². The molecule has 0 spiro atoms. The lowest BCUT2D eigenvalue weighted by molar-refractivity contribution is 0.271. The highest BCUT2D eigenvalue weighted by molar-refractivity contribution is 6.74. The Morgan fingerprint density at radius 2 is 1.80 bits per heavy atom. The fraction of sp³-hybridized carbons (Fsp3) is 0.625. The smallest absolute Gasteiger partial charge is 0.268 e. The first kappa shape index (κ1) is 16.9. The second kappa shape index (κ2) is 5.67. The molecule has 0 aliphatic heterocycles. The summed E-state index contributed by atoms with van der Waals surface area (Å²) in [5, 5.41) is 0.195. The summed E-state index contributed by atoms with van der Waals surface area (Å²) in [6, 6.07) is 5.84. The van der Waals surface area contributed by atoms with Gasteiger partial charge in [-0.25, -0.2) is 11.6 Å². The van der Waals surface area contributed by atoms with E-state index < -0.39 is 13.9 Å². The van der Waals surface area contributed by atoms with Gasteiger partial charge in [-0.15, -0.1) is 0 Å². The van der Waals surface area contributed by atoms with E-state index in [1.807, 2.05) is 32.0 Å². The zero-order valence-electron chi connectivity index (χ0n) is 13.7. The summed E-state index contributed by atoms with van der Waals surface area (Å²) >= 11 is 0. The number of rotatable bonds is 4. The third kappa shape index (κ3) is 3.91. The molecule has 20 heavy (non-hydrogen) atoms. The van der Waals surface area contributed by atoms with Gasteiger partial charge >= 0.3 is 0 Å². The molecule has 1 rings (SSSR count).